The van der Waals surface area contributed by atoms with E-state index >= 15 is 0 Å². The lowest BCUT2D eigenvalue weighted by Gasteiger charge is -2.31. The molecule has 0 radical (unpaired) electrons. The summed E-state index contributed by atoms with van der Waals surface area (Å²) in [5.74, 6) is -0.894. The number of allylic oxidation sites excluding steroid dienone is 1. The molecular formula is C24H22FNO2. The Balaban J connectivity index is 2.00. The molecule has 0 aliphatic rings. The van der Waals surface area contributed by atoms with Gasteiger partial charge < -0.3 is 10.0 Å². The average molecular weight is 375 g/mol. The maximum atomic E-state index is 12.3. The number of nitrogens with zero attached hydrogens (tertiary/aromatic N) is 1. The Labute approximate surface area is 164 Å². The number of anilines is 2. The first-order valence-corrected chi connectivity index (χ1v) is 9.12. The van der Waals surface area contributed by atoms with E-state index in [1.165, 1.54) is 6.08 Å². The van der Waals surface area contributed by atoms with Crippen molar-refractivity contribution >= 4 is 23.4 Å². The predicted octanol–water partition coefficient (Wildman–Crippen LogP) is 5.50. The van der Waals surface area contributed by atoms with Gasteiger partial charge in [-0.1, -0.05) is 72.8 Å². The summed E-state index contributed by atoms with van der Waals surface area (Å²) in [6.45, 7) is -0.518. The van der Waals surface area contributed by atoms with Gasteiger partial charge in [0.1, 0.15) is 12.7 Å². The minimum Gasteiger partial charge on any atom is -0.480 e. The van der Waals surface area contributed by atoms with Crippen LogP contribution in [0, 0.1) is 0 Å². The summed E-state index contributed by atoms with van der Waals surface area (Å²) >= 11 is 0. The van der Waals surface area contributed by atoms with Crippen molar-refractivity contribution in [1.82, 2.24) is 0 Å². The van der Waals surface area contributed by atoms with Crippen molar-refractivity contribution < 1.29 is 14.3 Å². The fourth-order valence-corrected chi connectivity index (χ4v) is 3.15. The third-order valence-corrected chi connectivity index (χ3v) is 4.47. The summed E-state index contributed by atoms with van der Waals surface area (Å²) in [5, 5.41) is 10.0. The van der Waals surface area contributed by atoms with Crippen LogP contribution in [0.3, 0.4) is 0 Å². The van der Waals surface area contributed by atoms with Gasteiger partial charge in [-0.3, -0.25) is 0 Å². The van der Waals surface area contributed by atoms with E-state index in [-0.39, 0.29) is 0 Å². The van der Waals surface area contributed by atoms with Gasteiger partial charge in [-0.2, -0.15) is 0 Å². The summed E-state index contributed by atoms with van der Waals surface area (Å²) < 4.78 is 12.3. The maximum absolute atomic E-state index is 12.3. The van der Waals surface area contributed by atoms with Crippen molar-refractivity contribution in [2.75, 3.05) is 11.6 Å². The molecule has 0 spiro atoms. The Morgan fingerprint density at radius 1 is 0.893 bits per heavy atom. The van der Waals surface area contributed by atoms with E-state index in [0.29, 0.717) is 6.42 Å². The molecule has 1 N–H and O–H groups in total. The van der Waals surface area contributed by atoms with Crippen LogP contribution in [0.4, 0.5) is 15.8 Å². The fraction of sp³-hybridized carbons (Fsp3) is 0.125. The first-order chi connectivity index (χ1) is 13.7. The van der Waals surface area contributed by atoms with Crippen molar-refractivity contribution in [2.45, 2.75) is 12.5 Å². The van der Waals surface area contributed by atoms with Gasteiger partial charge in [-0.25, -0.2) is 9.18 Å². The van der Waals surface area contributed by atoms with Crippen molar-refractivity contribution in [2.24, 2.45) is 0 Å². The number of hydrogen-bond donors (Lipinski definition) is 1. The zero-order valence-electron chi connectivity index (χ0n) is 15.4. The SMILES string of the molecule is O=C(O)[C@H](Cc1ccccc1)N(c1ccccc1)c1ccc(C=CCF)cc1. The molecule has 0 saturated carbocycles. The lowest BCUT2D eigenvalue weighted by molar-refractivity contribution is -0.138. The summed E-state index contributed by atoms with van der Waals surface area (Å²) in [6.07, 6.45) is 3.52. The second-order valence-corrected chi connectivity index (χ2v) is 6.40. The van der Waals surface area contributed by atoms with Crippen LogP contribution in [0.1, 0.15) is 11.1 Å². The Bertz CT molecular complexity index is 908. The second-order valence-electron chi connectivity index (χ2n) is 6.40. The molecule has 3 rings (SSSR count). The Hall–Kier alpha value is -3.40. The Kier molecular flexibility index (Phi) is 6.58. The molecule has 0 bridgehead atoms. The molecule has 4 heteroatoms. The minimum atomic E-state index is -0.894. The van der Waals surface area contributed by atoms with Crippen molar-refractivity contribution in [1.29, 1.82) is 0 Å². The monoisotopic (exact) mass is 375 g/mol. The molecule has 3 aromatic rings. The minimum absolute atomic E-state index is 0.370. The number of carboxylic acids is 1. The summed E-state index contributed by atoms with van der Waals surface area (Å²) in [7, 11) is 0. The molecule has 0 aliphatic heterocycles. The fourth-order valence-electron chi connectivity index (χ4n) is 3.15. The molecule has 142 valence electrons. The largest absolute Gasteiger partial charge is 0.480 e. The molecule has 0 aliphatic carbocycles. The molecule has 0 saturated heterocycles. The normalized spacial score (nSPS) is 12.0. The van der Waals surface area contributed by atoms with Gasteiger partial charge in [0.2, 0.25) is 0 Å². The number of carboxylic acid groups (broad SMARTS) is 1. The van der Waals surface area contributed by atoms with Crippen molar-refractivity contribution in [3.05, 3.63) is 102 Å². The van der Waals surface area contributed by atoms with Gasteiger partial charge in [0.25, 0.3) is 0 Å². The first-order valence-electron chi connectivity index (χ1n) is 9.12. The van der Waals surface area contributed by atoms with E-state index in [0.717, 1.165) is 22.5 Å². The van der Waals surface area contributed by atoms with Crippen molar-refractivity contribution in [3.8, 4) is 0 Å². The number of hydrogen-bond acceptors (Lipinski definition) is 2. The standard InChI is InChI=1S/C24H22FNO2/c25-17-7-10-19-13-15-22(16-14-19)26(21-11-5-2-6-12-21)23(24(27)28)18-20-8-3-1-4-9-20/h1-16,23H,17-18H2,(H,27,28)/t23-/m0/s1. The van der Waals surface area contributed by atoms with Crippen LogP contribution in [-0.2, 0) is 11.2 Å². The van der Waals surface area contributed by atoms with Gasteiger partial charge in [0.15, 0.2) is 0 Å². The van der Waals surface area contributed by atoms with Crippen LogP contribution in [0.15, 0.2) is 91.0 Å². The van der Waals surface area contributed by atoms with E-state index in [4.69, 9.17) is 0 Å². The van der Waals surface area contributed by atoms with Gasteiger partial charge in [0, 0.05) is 17.8 Å². The van der Waals surface area contributed by atoms with Gasteiger partial charge in [0.05, 0.1) is 0 Å². The number of para-hydroxylation sites is 1. The third kappa shape index (κ3) is 4.86. The number of carbonyl (C=O) groups is 1. The zero-order chi connectivity index (χ0) is 19.8. The average Bonchev–Trinajstić information content (AvgIpc) is 2.74. The van der Waals surface area contributed by atoms with Crippen molar-refractivity contribution in [3.63, 3.8) is 0 Å². The van der Waals surface area contributed by atoms with E-state index in [2.05, 4.69) is 0 Å². The van der Waals surface area contributed by atoms with Crippen LogP contribution in [0.5, 0.6) is 0 Å². The maximum Gasteiger partial charge on any atom is 0.327 e. The van der Waals surface area contributed by atoms with E-state index < -0.39 is 18.7 Å². The molecular weight excluding hydrogens is 353 g/mol. The van der Waals surface area contributed by atoms with Crippen LogP contribution >= 0.6 is 0 Å². The second kappa shape index (κ2) is 9.51. The molecule has 0 amide bonds. The molecule has 28 heavy (non-hydrogen) atoms. The van der Waals surface area contributed by atoms with Gasteiger partial charge in [-0.15, -0.1) is 0 Å². The summed E-state index contributed by atoms with van der Waals surface area (Å²) in [4.78, 5) is 14.0. The lowest BCUT2D eigenvalue weighted by atomic mass is 10.0. The number of alkyl halides is 1. The smallest absolute Gasteiger partial charge is 0.327 e. The highest BCUT2D eigenvalue weighted by Crippen LogP contribution is 2.30. The molecule has 0 fully saturated rings. The lowest BCUT2D eigenvalue weighted by Crippen LogP contribution is -2.39. The van der Waals surface area contributed by atoms with Crippen LogP contribution < -0.4 is 4.90 Å². The van der Waals surface area contributed by atoms with Crippen LogP contribution in [0.25, 0.3) is 6.08 Å². The van der Waals surface area contributed by atoms with Gasteiger partial charge in [-0.05, 0) is 35.4 Å². The number of benzene rings is 3. The first kappa shape index (κ1) is 19.4. The van der Waals surface area contributed by atoms with E-state index in [1.54, 1.807) is 6.08 Å². The molecule has 0 heterocycles. The number of aliphatic carboxylic acids is 1. The van der Waals surface area contributed by atoms with Crippen LogP contribution in [-0.4, -0.2) is 23.8 Å². The highest BCUT2D eigenvalue weighted by molar-refractivity contribution is 5.83. The highest BCUT2D eigenvalue weighted by Gasteiger charge is 2.27. The summed E-state index contributed by atoms with van der Waals surface area (Å²) in [5.41, 5.74) is 3.40. The molecule has 0 unspecified atom stereocenters. The quantitative estimate of drug-likeness (QED) is 0.565. The summed E-state index contributed by atoms with van der Waals surface area (Å²) in [6, 6.07) is 25.8. The van der Waals surface area contributed by atoms with E-state index in [9.17, 15) is 14.3 Å². The van der Waals surface area contributed by atoms with E-state index in [1.807, 2.05) is 89.8 Å². The Morgan fingerprint density at radius 2 is 1.46 bits per heavy atom. The molecule has 3 aromatic carbocycles. The molecule has 0 aromatic heterocycles. The topological polar surface area (TPSA) is 40.5 Å². The third-order valence-electron chi connectivity index (χ3n) is 4.47. The molecule has 3 nitrogen and oxygen atoms in total. The highest BCUT2D eigenvalue weighted by atomic mass is 19.1. The zero-order valence-corrected chi connectivity index (χ0v) is 15.4. The van der Waals surface area contributed by atoms with Gasteiger partial charge >= 0.3 is 5.97 Å². The predicted molar refractivity (Wildman–Crippen MR) is 112 cm³/mol. The number of halogens is 1. The van der Waals surface area contributed by atoms with Crippen LogP contribution in [0.2, 0.25) is 0 Å². The molecule has 1 atom stereocenters. The Morgan fingerprint density at radius 3 is 2.04 bits per heavy atom. The number of rotatable bonds is 8.